The number of fused-ring (bicyclic) bond motifs is 2. The number of aromatic amines is 2. The van der Waals surface area contributed by atoms with Gasteiger partial charge in [0, 0.05) is 24.4 Å². The highest BCUT2D eigenvalue weighted by atomic mass is 32.2. The Morgan fingerprint density at radius 3 is 2.00 bits per heavy atom. The zero-order valence-electron chi connectivity index (χ0n) is 19.8. The van der Waals surface area contributed by atoms with E-state index in [-0.39, 0.29) is 50.7 Å². The average Bonchev–Trinajstić information content (AvgIpc) is 3.59. The first-order valence-corrected chi connectivity index (χ1v) is 12.7. The highest BCUT2D eigenvalue weighted by Gasteiger charge is 2.28. The maximum Gasteiger partial charge on any atom is 0.406 e. The van der Waals surface area contributed by atoms with Crippen LogP contribution in [-0.2, 0) is 14.3 Å². The molecule has 0 atom stereocenters. The van der Waals surface area contributed by atoms with Gasteiger partial charge in [0.05, 0.1) is 59.4 Å². The molecule has 0 radical (unpaired) electrons. The van der Waals surface area contributed by atoms with Gasteiger partial charge in [-0.05, 0) is 0 Å². The van der Waals surface area contributed by atoms with Gasteiger partial charge in [0.25, 0.3) is 0 Å². The van der Waals surface area contributed by atoms with Crippen LogP contribution in [0.1, 0.15) is 41.7 Å². The van der Waals surface area contributed by atoms with Crippen LogP contribution in [0.4, 0.5) is 4.79 Å². The minimum atomic E-state index is -1.04. The van der Waals surface area contributed by atoms with Gasteiger partial charge in [-0.3, -0.25) is 34.2 Å². The van der Waals surface area contributed by atoms with Crippen molar-refractivity contribution in [1.29, 1.82) is 0 Å². The summed E-state index contributed by atoms with van der Waals surface area (Å²) in [6.45, 7) is 1.08. The zero-order chi connectivity index (χ0) is 27.7. The van der Waals surface area contributed by atoms with Crippen molar-refractivity contribution in [2.45, 2.75) is 0 Å². The van der Waals surface area contributed by atoms with E-state index >= 15 is 0 Å². The molecule has 2 aliphatic carbocycles. The fourth-order valence-corrected chi connectivity index (χ4v) is 4.60. The number of carbonyl (C=O) groups excluding carboxylic acids is 5. The molecule has 2 aromatic heterocycles. The van der Waals surface area contributed by atoms with Gasteiger partial charge in [-0.25, -0.2) is 4.79 Å². The molecule has 14 nitrogen and oxygen atoms in total. The summed E-state index contributed by atoms with van der Waals surface area (Å²) >= 11 is 2.09. The molecule has 0 aromatic carbocycles. The summed E-state index contributed by atoms with van der Waals surface area (Å²) < 4.78 is 9.71. The number of carbonyl (C=O) groups is 6. The first kappa shape index (κ1) is 28.5. The van der Waals surface area contributed by atoms with Crippen molar-refractivity contribution < 1.29 is 43.3 Å². The van der Waals surface area contributed by atoms with Crippen LogP contribution >= 0.6 is 23.5 Å². The van der Waals surface area contributed by atoms with Gasteiger partial charge in [-0.2, -0.15) is 10.2 Å². The first-order valence-electron chi connectivity index (χ1n) is 10.8. The number of hydrogen-bond donors (Lipinski definition) is 4. The zero-order valence-corrected chi connectivity index (χ0v) is 21.4. The van der Waals surface area contributed by atoms with Crippen LogP contribution < -0.4 is 5.32 Å². The van der Waals surface area contributed by atoms with Gasteiger partial charge in [-0.15, -0.1) is 23.5 Å². The molecule has 0 spiro atoms. The Bertz CT molecular complexity index is 1330. The fraction of sp³-hybridized carbons (Fsp3) is 0.273. The van der Waals surface area contributed by atoms with E-state index in [0.717, 1.165) is 17.8 Å². The van der Waals surface area contributed by atoms with Crippen LogP contribution in [-0.4, -0.2) is 99.1 Å². The second-order valence-corrected chi connectivity index (χ2v) is 9.44. The largest absolute Gasteiger partial charge is 0.481 e. The minimum absolute atomic E-state index is 0.140. The number of rotatable bonds is 10. The number of nitrogens with zero attached hydrogens (tertiary/aromatic N) is 2. The van der Waals surface area contributed by atoms with E-state index in [1.54, 1.807) is 0 Å². The van der Waals surface area contributed by atoms with E-state index in [1.807, 2.05) is 0 Å². The molecular formula is C22H21N5O9S2. The van der Waals surface area contributed by atoms with E-state index in [2.05, 4.69) is 30.4 Å². The van der Waals surface area contributed by atoms with Crippen molar-refractivity contribution in [3.63, 3.8) is 0 Å². The van der Waals surface area contributed by atoms with Crippen LogP contribution in [0.2, 0.25) is 0 Å². The number of H-pyrrole nitrogens is 2. The summed E-state index contributed by atoms with van der Waals surface area (Å²) in [5.74, 6) is -1.95. The quantitative estimate of drug-likeness (QED) is 0.300. The van der Waals surface area contributed by atoms with Crippen molar-refractivity contribution >= 4 is 58.7 Å². The van der Waals surface area contributed by atoms with Gasteiger partial charge in [0.15, 0.2) is 0 Å². The number of thioether (sulfide) groups is 2. The lowest BCUT2D eigenvalue weighted by Crippen LogP contribution is -2.27. The Kier molecular flexibility index (Phi) is 10.1. The molecule has 2 heterocycles. The second-order valence-electron chi connectivity index (χ2n) is 7.28. The number of ketones is 4. The number of nitrogens with one attached hydrogen (secondary N) is 3. The molecule has 200 valence electrons. The number of amides is 1. The summed E-state index contributed by atoms with van der Waals surface area (Å²) in [5, 5.41) is 23.2. The average molecular weight is 564 g/mol. The molecule has 16 heteroatoms. The van der Waals surface area contributed by atoms with Crippen LogP contribution in [0.15, 0.2) is 34.4 Å². The standard InChI is InChI=1S/C13H15N3O5S.C9H6N2O4S/c1-20-13(19)14-2-3-21-4-5-22-10-6-9(17)11-8(12(10)18)7-15-16-11;12-5-1-6(16-3-7(13)14)9(15)4-2-10-11-8(4)5/h6-7H,2-5H2,1H3,(H,14,19)(H,15,16);1-2H,3H2,(H,10,11)(H,13,14). The first-order chi connectivity index (χ1) is 18.2. The van der Waals surface area contributed by atoms with Crippen LogP contribution in [0.25, 0.3) is 0 Å². The topological polar surface area (TPSA) is 210 Å². The SMILES string of the molecule is COC(=O)NCCOCCSC1=CC(=O)c2[nH]ncc2C1=O.O=C(O)CSC1=CC(=O)c2[nH]ncc2C1=O. The van der Waals surface area contributed by atoms with E-state index < -0.39 is 12.1 Å². The number of aromatic nitrogens is 4. The minimum Gasteiger partial charge on any atom is -0.481 e. The van der Waals surface area contributed by atoms with Crippen LogP contribution in [0.3, 0.4) is 0 Å². The van der Waals surface area contributed by atoms with Crippen molar-refractivity contribution in [3.8, 4) is 0 Å². The van der Waals surface area contributed by atoms with E-state index in [0.29, 0.717) is 36.0 Å². The number of aliphatic carboxylic acids is 1. The number of allylic oxidation sites excluding steroid dienone is 4. The number of carboxylic acids is 1. The second kappa shape index (κ2) is 13.5. The Hall–Kier alpha value is -4.02. The monoisotopic (exact) mass is 563 g/mol. The van der Waals surface area contributed by atoms with Gasteiger partial charge >= 0.3 is 12.1 Å². The van der Waals surface area contributed by atoms with E-state index in [9.17, 15) is 28.8 Å². The number of hydrogen-bond acceptors (Lipinski definition) is 12. The third-order valence-electron chi connectivity index (χ3n) is 4.77. The smallest absolute Gasteiger partial charge is 0.406 e. The van der Waals surface area contributed by atoms with Crippen LogP contribution in [0.5, 0.6) is 0 Å². The number of ether oxygens (including phenoxy) is 2. The molecule has 0 unspecified atom stereocenters. The number of methoxy groups -OCH3 is 1. The maximum atomic E-state index is 12.1. The summed E-state index contributed by atoms with van der Waals surface area (Å²) in [7, 11) is 1.29. The molecule has 4 rings (SSSR count). The molecule has 0 bridgehead atoms. The summed E-state index contributed by atoms with van der Waals surface area (Å²) in [5.41, 5.74) is 0.891. The van der Waals surface area contributed by atoms with Gasteiger partial charge in [-0.1, -0.05) is 0 Å². The van der Waals surface area contributed by atoms with Crippen molar-refractivity contribution in [2.24, 2.45) is 0 Å². The normalized spacial score (nSPS) is 14.0. The summed E-state index contributed by atoms with van der Waals surface area (Å²) in [4.78, 5) is 68.8. The Balaban J connectivity index is 0.000000221. The van der Waals surface area contributed by atoms with E-state index in [1.165, 1.54) is 37.3 Å². The third-order valence-corrected chi connectivity index (χ3v) is 6.76. The van der Waals surface area contributed by atoms with E-state index in [4.69, 9.17) is 9.84 Å². The summed E-state index contributed by atoms with van der Waals surface area (Å²) in [6, 6.07) is 0. The van der Waals surface area contributed by atoms with Gasteiger partial charge < -0.3 is 19.9 Å². The predicted octanol–water partition coefficient (Wildman–Crippen LogP) is 1.27. The molecule has 38 heavy (non-hydrogen) atoms. The number of Topliss-reactive ketones (excluding diaryl/α,β-unsaturated/α-hetero) is 2. The predicted molar refractivity (Wildman–Crippen MR) is 134 cm³/mol. The Morgan fingerprint density at radius 2 is 1.47 bits per heavy atom. The van der Waals surface area contributed by atoms with Crippen molar-refractivity contribution in [1.82, 2.24) is 25.7 Å². The Labute approximate surface area is 223 Å². The fourth-order valence-electron chi connectivity index (χ4n) is 3.04. The number of alkyl carbamates (subject to hydrolysis) is 1. The molecule has 4 N–H and O–H groups in total. The molecule has 2 aliphatic rings. The van der Waals surface area contributed by atoms with Gasteiger partial charge in [0.2, 0.25) is 23.1 Å². The lowest BCUT2D eigenvalue weighted by atomic mass is 10.0. The van der Waals surface area contributed by atoms with Gasteiger partial charge in [0.1, 0.15) is 11.4 Å². The summed E-state index contributed by atoms with van der Waals surface area (Å²) in [6.07, 6.45) is 4.57. The molecular weight excluding hydrogens is 542 g/mol. The lowest BCUT2D eigenvalue weighted by Gasteiger charge is -2.10. The molecule has 0 aliphatic heterocycles. The molecule has 2 aromatic rings. The highest BCUT2D eigenvalue weighted by Crippen LogP contribution is 2.28. The lowest BCUT2D eigenvalue weighted by molar-refractivity contribution is -0.133. The Morgan fingerprint density at radius 1 is 0.921 bits per heavy atom. The third kappa shape index (κ3) is 7.27. The molecule has 0 fully saturated rings. The van der Waals surface area contributed by atoms with Crippen molar-refractivity contribution in [2.75, 3.05) is 38.4 Å². The molecule has 1 amide bonds. The maximum absolute atomic E-state index is 12.1. The molecule has 0 saturated carbocycles. The van der Waals surface area contributed by atoms with Crippen LogP contribution in [0, 0.1) is 0 Å². The molecule has 0 saturated heterocycles. The van der Waals surface area contributed by atoms with Crippen molar-refractivity contribution in [3.05, 3.63) is 56.9 Å². The highest BCUT2D eigenvalue weighted by molar-refractivity contribution is 8.04. The number of carboxylic acid groups (broad SMARTS) is 1.